The van der Waals surface area contributed by atoms with Gasteiger partial charge in [-0.3, -0.25) is 9.59 Å². The molecule has 0 saturated carbocycles. The molecule has 1 fully saturated rings. The molecule has 1 aromatic carbocycles. The van der Waals surface area contributed by atoms with E-state index in [1.807, 2.05) is 0 Å². The van der Waals surface area contributed by atoms with Gasteiger partial charge in [-0.15, -0.1) is 0 Å². The van der Waals surface area contributed by atoms with Crippen molar-refractivity contribution in [2.75, 3.05) is 20.2 Å². The van der Waals surface area contributed by atoms with Gasteiger partial charge in [-0.05, 0) is 24.6 Å². The fourth-order valence-electron chi connectivity index (χ4n) is 2.30. The van der Waals surface area contributed by atoms with Crippen LogP contribution in [0.2, 0.25) is 10.0 Å². The number of likely N-dealkylation sites (N-methyl/N-ethyl adjacent to an activating group) is 1. The van der Waals surface area contributed by atoms with Gasteiger partial charge in [0.25, 0.3) is 0 Å². The van der Waals surface area contributed by atoms with Gasteiger partial charge in [0.15, 0.2) is 0 Å². The number of hydrogen-bond donors (Lipinski definition) is 1. The predicted molar refractivity (Wildman–Crippen MR) is 85.4 cm³/mol. The summed E-state index contributed by atoms with van der Waals surface area (Å²) in [5.41, 5.74) is 0. The molecule has 120 valence electrons. The van der Waals surface area contributed by atoms with E-state index in [4.69, 9.17) is 27.9 Å². The van der Waals surface area contributed by atoms with E-state index in [1.165, 1.54) is 0 Å². The quantitative estimate of drug-likeness (QED) is 0.892. The van der Waals surface area contributed by atoms with Crippen molar-refractivity contribution in [3.63, 3.8) is 0 Å². The second-order valence-corrected chi connectivity index (χ2v) is 6.15. The third-order valence-corrected chi connectivity index (χ3v) is 3.86. The Morgan fingerprint density at radius 1 is 1.36 bits per heavy atom. The highest BCUT2D eigenvalue weighted by Crippen LogP contribution is 2.24. The Hall–Kier alpha value is -1.46. The van der Waals surface area contributed by atoms with Crippen LogP contribution in [0.4, 0.5) is 0 Å². The number of hydrogen-bond acceptors (Lipinski definition) is 3. The van der Waals surface area contributed by atoms with Gasteiger partial charge in [0, 0.05) is 36.1 Å². The first-order chi connectivity index (χ1) is 10.4. The number of halogens is 2. The van der Waals surface area contributed by atoms with Gasteiger partial charge in [0.1, 0.15) is 5.75 Å². The minimum atomic E-state index is -0.0964. The van der Waals surface area contributed by atoms with Crippen LogP contribution < -0.4 is 10.1 Å². The van der Waals surface area contributed by atoms with Crippen LogP contribution >= 0.6 is 23.2 Å². The number of rotatable bonds is 5. The van der Waals surface area contributed by atoms with Crippen LogP contribution in [-0.4, -0.2) is 43.0 Å². The molecular weight excluding hydrogens is 327 g/mol. The fourth-order valence-corrected chi connectivity index (χ4v) is 2.81. The Morgan fingerprint density at radius 2 is 2.05 bits per heavy atom. The largest absolute Gasteiger partial charge is 0.493 e. The number of carbonyl (C=O) groups excluding carboxylic acids is 2. The highest BCUT2D eigenvalue weighted by Gasteiger charge is 2.23. The summed E-state index contributed by atoms with van der Waals surface area (Å²) in [7, 11) is 1.74. The zero-order chi connectivity index (χ0) is 16.1. The van der Waals surface area contributed by atoms with Gasteiger partial charge in [-0.2, -0.15) is 0 Å². The molecule has 1 aliphatic heterocycles. The van der Waals surface area contributed by atoms with Crippen LogP contribution in [0.3, 0.4) is 0 Å². The molecule has 0 radical (unpaired) electrons. The summed E-state index contributed by atoms with van der Waals surface area (Å²) in [6, 6.07) is 4.92. The van der Waals surface area contributed by atoms with Gasteiger partial charge >= 0.3 is 0 Å². The average Bonchev–Trinajstić information content (AvgIpc) is 2.42. The Labute approximate surface area is 139 Å². The normalized spacial score (nSPS) is 18.2. The summed E-state index contributed by atoms with van der Waals surface area (Å²) in [5, 5.41) is 3.89. The van der Waals surface area contributed by atoms with Gasteiger partial charge in [0.2, 0.25) is 11.8 Å². The SMILES string of the molecule is CN1CC(NC(=O)CCOc2cc(Cl)cc(Cl)c2)CCC1=O. The number of benzene rings is 1. The second-order valence-electron chi connectivity index (χ2n) is 5.28. The lowest BCUT2D eigenvalue weighted by Gasteiger charge is -2.30. The van der Waals surface area contributed by atoms with Gasteiger partial charge in [-0.1, -0.05) is 23.2 Å². The number of piperidine rings is 1. The smallest absolute Gasteiger partial charge is 0.223 e. The Kier molecular flexibility index (Phi) is 5.91. The lowest BCUT2D eigenvalue weighted by molar-refractivity contribution is -0.134. The number of nitrogens with zero attached hydrogens (tertiary/aromatic N) is 1. The summed E-state index contributed by atoms with van der Waals surface area (Å²) in [6.07, 6.45) is 1.39. The molecule has 1 saturated heterocycles. The van der Waals surface area contributed by atoms with E-state index < -0.39 is 0 Å². The molecule has 2 amide bonds. The van der Waals surface area contributed by atoms with E-state index in [2.05, 4.69) is 5.32 Å². The molecule has 1 unspecified atom stereocenters. The number of nitrogens with one attached hydrogen (secondary N) is 1. The number of carbonyl (C=O) groups is 2. The molecule has 2 rings (SSSR count). The minimum absolute atomic E-state index is 0.0100. The molecule has 0 spiro atoms. The minimum Gasteiger partial charge on any atom is -0.493 e. The molecule has 7 heteroatoms. The molecule has 1 heterocycles. The van der Waals surface area contributed by atoms with Crippen molar-refractivity contribution < 1.29 is 14.3 Å². The number of ether oxygens (including phenoxy) is 1. The topological polar surface area (TPSA) is 58.6 Å². The van der Waals surface area contributed by atoms with Crippen LogP contribution in [0.1, 0.15) is 19.3 Å². The van der Waals surface area contributed by atoms with Gasteiger partial charge in [-0.25, -0.2) is 0 Å². The molecule has 1 aliphatic rings. The summed E-state index contributed by atoms with van der Waals surface area (Å²) in [4.78, 5) is 24.9. The zero-order valence-electron chi connectivity index (χ0n) is 12.3. The highest BCUT2D eigenvalue weighted by molar-refractivity contribution is 6.34. The Bertz CT molecular complexity index is 545. The second kappa shape index (κ2) is 7.70. The first kappa shape index (κ1) is 16.9. The Morgan fingerprint density at radius 3 is 2.68 bits per heavy atom. The molecule has 5 nitrogen and oxygen atoms in total. The summed E-state index contributed by atoms with van der Waals surface area (Å²) >= 11 is 11.7. The van der Waals surface area contributed by atoms with Crippen LogP contribution in [-0.2, 0) is 9.59 Å². The van der Waals surface area contributed by atoms with Gasteiger partial charge in [0.05, 0.1) is 13.0 Å². The first-order valence-electron chi connectivity index (χ1n) is 7.06. The van der Waals surface area contributed by atoms with Crippen LogP contribution in [0.15, 0.2) is 18.2 Å². The molecular formula is C15H18Cl2N2O3. The maximum Gasteiger partial charge on any atom is 0.223 e. The molecule has 0 aromatic heterocycles. The first-order valence-corrected chi connectivity index (χ1v) is 7.82. The van der Waals surface area contributed by atoms with Crippen molar-refractivity contribution in [2.24, 2.45) is 0 Å². The van der Waals surface area contributed by atoms with Crippen molar-refractivity contribution in [2.45, 2.75) is 25.3 Å². The average molecular weight is 345 g/mol. The summed E-state index contributed by atoms with van der Waals surface area (Å²) in [5.74, 6) is 0.556. The maximum absolute atomic E-state index is 11.9. The zero-order valence-corrected chi connectivity index (χ0v) is 13.8. The fraction of sp³-hybridized carbons (Fsp3) is 0.467. The van der Waals surface area contributed by atoms with Crippen molar-refractivity contribution >= 4 is 35.0 Å². The summed E-state index contributed by atoms with van der Waals surface area (Å²) in [6.45, 7) is 0.791. The van der Waals surface area contributed by atoms with E-state index >= 15 is 0 Å². The van der Waals surface area contributed by atoms with Crippen LogP contribution in [0, 0.1) is 0 Å². The highest BCUT2D eigenvalue weighted by atomic mass is 35.5. The monoisotopic (exact) mass is 344 g/mol. The van der Waals surface area contributed by atoms with Crippen molar-refractivity contribution in [1.29, 1.82) is 0 Å². The maximum atomic E-state index is 11.9. The van der Waals surface area contributed by atoms with E-state index in [9.17, 15) is 9.59 Å². The molecule has 1 N–H and O–H groups in total. The number of likely N-dealkylation sites (tertiary alicyclic amines) is 1. The lowest BCUT2D eigenvalue weighted by Crippen LogP contribution is -2.48. The molecule has 0 bridgehead atoms. The molecule has 1 aromatic rings. The van der Waals surface area contributed by atoms with Crippen LogP contribution in [0.5, 0.6) is 5.75 Å². The van der Waals surface area contributed by atoms with Crippen molar-refractivity contribution in [1.82, 2.24) is 10.2 Å². The van der Waals surface area contributed by atoms with E-state index in [0.29, 0.717) is 35.2 Å². The van der Waals surface area contributed by atoms with Gasteiger partial charge < -0.3 is 15.0 Å². The Balaban J connectivity index is 1.73. The summed E-state index contributed by atoms with van der Waals surface area (Å²) < 4.78 is 5.47. The lowest BCUT2D eigenvalue weighted by atomic mass is 10.1. The number of amides is 2. The third kappa shape index (κ3) is 5.07. The van der Waals surface area contributed by atoms with E-state index in [1.54, 1.807) is 30.1 Å². The predicted octanol–water partition coefficient (Wildman–Crippen LogP) is 2.50. The molecule has 1 atom stereocenters. The molecule has 22 heavy (non-hydrogen) atoms. The van der Waals surface area contributed by atoms with Crippen molar-refractivity contribution in [3.05, 3.63) is 28.2 Å². The van der Waals surface area contributed by atoms with E-state index in [-0.39, 0.29) is 30.9 Å². The van der Waals surface area contributed by atoms with E-state index in [0.717, 1.165) is 0 Å². The van der Waals surface area contributed by atoms with Crippen LogP contribution in [0.25, 0.3) is 0 Å². The molecule has 0 aliphatic carbocycles. The standard InChI is InChI=1S/C15H18Cl2N2O3/c1-19-9-12(2-3-15(19)21)18-14(20)4-5-22-13-7-10(16)6-11(17)8-13/h6-8,12H,2-5,9H2,1H3,(H,18,20). The third-order valence-electron chi connectivity index (χ3n) is 3.43. The van der Waals surface area contributed by atoms with Crippen molar-refractivity contribution in [3.8, 4) is 5.75 Å².